The van der Waals surface area contributed by atoms with Crippen LogP contribution in [0.3, 0.4) is 0 Å². The summed E-state index contributed by atoms with van der Waals surface area (Å²) in [5.41, 5.74) is -0.451. The Morgan fingerprint density at radius 3 is 2.56 bits per heavy atom. The molecule has 0 bridgehead atoms. The van der Waals surface area contributed by atoms with Gasteiger partial charge in [0.2, 0.25) is 0 Å². The van der Waals surface area contributed by atoms with E-state index in [0.29, 0.717) is 13.1 Å². The van der Waals surface area contributed by atoms with E-state index in [0.717, 1.165) is 4.68 Å². The number of halogens is 3. The van der Waals surface area contributed by atoms with Crippen molar-refractivity contribution >= 4 is 0 Å². The molecular formula is C11H19F3N4. The number of alkyl halides is 3. The lowest BCUT2D eigenvalue weighted by Crippen LogP contribution is -2.24. The Hall–Kier alpha value is -1.08. The molecule has 104 valence electrons. The normalized spacial score (nSPS) is 12.4. The average Bonchev–Trinajstić information content (AvgIpc) is 2.66. The molecule has 1 rings (SSSR count). The van der Waals surface area contributed by atoms with Crippen molar-refractivity contribution in [3.8, 4) is 0 Å². The third-order valence-electron chi connectivity index (χ3n) is 2.51. The first kappa shape index (κ1) is 15.0. The molecule has 0 aliphatic heterocycles. The minimum atomic E-state index is -4.37. The fourth-order valence-electron chi connectivity index (χ4n) is 1.61. The Balaban J connectivity index is 2.93. The van der Waals surface area contributed by atoms with Crippen LogP contribution in [0.4, 0.5) is 13.2 Å². The molecule has 0 radical (unpaired) electrons. The number of hydrogen-bond acceptors (Lipinski definition) is 3. The predicted octanol–water partition coefficient (Wildman–Crippen LogP) is 1.57. The van der Waals surface area contributed by atoms with E-state index in [-0.39, 0.29) is 18.7 Å². The zero-order valence-corrected chi connectivity index (χ0v) is 10.9. The van der Waals surface area contributed by atoms with Gasteiger partial charge in [0, 0.05) is 18.7 Å². The molecule has 0 aliphatic rings. The van der Waals surface area contributed by atoms with Crippen molar-refractivity contribution in [1.29, 1.82) is 0 Å². The molecule has 0 atom stereocenters. The van der Waals surface area contributed by atoms with Crippen molar-refractivity contribution in [2.24, 2.45) is 0 Å². The van der Waals surface area contributed by atoms with Gasteiger partial charge >= 0.3 is 6.18 Å². The lowest BCUT2D eigenvalue weighted by Gasteiger charge is -2.15. The van der Waals surface area contributed by atoms with E-state index in [1.165, 1.54) is 6.20 Å². The van der Waals surface area contributed by atoms with Gasteiger partial charge in [0.25, 0.3) is 0 Å². The summed E-state index contributed by atoms with van der Waals surface area (Å²) in [4.78, 5) is 1.83. The molecule has 0 saturated heterocycles. The zero-order chi connectivity index (χ0) is 13.8. The molecule has 7 heteroatoms. The molecule has 1 heterocycles. The quantitative estimate of drug-likeness (QED) is 0.846. The number of nitrogens with one attached hydrogen (secondary N) is 1. The van der Waals surface area contributed by atoms with Gasteiger partial charge in [-0.1, -0.05) is 6.92 Å². The summed E-state index contributed by atoms with van der Waals surface area (Å²) in [6.45, 7) is 3.41. The summed E-state index contributed by atoms with van der Waals surface area (Å²) in [5.74, 6) is 0. The topological polar surface area (TPSA) is 33.1 Å². The molecule has 1 N–H and O–H groups in total. The number of rotatable bonds is 6. The fourth-order valence-corrected chi connectivity index (χ4v) is 1.61. The lowest BCUT2D eigenvalue weighted by molar-refractivity contribution is -0.145. The van der Waals surface area contributed by atoms with Crippen LogP contribution in [0.25, 0.3) is 0 Å². The Morgan fingerprint density at radius 2 is 2.06 bits per heavy atom. The van der Waals surface area contributed by atoms with Crippen LogP contribution in [0.2, 0.25) is 0 Å². The van der Waals surface area contributed by atoms with Crippen molar-refractivity contribution in [1.82, 2.24) is 20.0 Å². The van der Waals surface area contributed by atoms with Gasteiger partial charge in [-0.05, 0) is 20.6 Å². The van der Waals surface area contributed by atoms with E-state index >= 15 is 0 Å². The zero-order valence-electron chi connectivity index (χ0n) is 10.9. The van der Waals surface area contributed by atoms with Crippen LogP contribution in [0.15, 0.2) is 6.20 Å². The smallest absolute Gasteiger partial charge is 0.313 e. The SMILES string of the molecule is CCNCc1cnn(CCN(C)C)c1C(F)(F)F. The maximum Gasteiger partial charge on any atom is 0.433 e. The Labute approximate surface area is 105 Å². The number of likely N-dealkylation sites (N-methyl/N-ethyl adjacent to an activating group) is 1. The molecule has 1 aromatic rings. The third-order valence-corrected chi connectivity index (χ3v) is 2.51. The van der Waals surface area contributed by atoms with Gasteiger partial charge < -0.3 is 10.2 Å². The number of aromatic nitrogens is 2. The molecular weight excluding hydrogens is 245 g/mol. The summed E-state index contributed by atoms with van der Waals surface area (Å²) in [6.07, 6.45) is -3.07. The predicted molar refractivity (Wildman–Crippen MR) is 63.2 cm³/mol. The highest BCUT2D eigenvalue weighted by Crippen LogP contribution is 2.31. The van der Waals surface area contributed by atoms with Gasteiger partial charge in [-0.15, -0.1) is 0 Å². The first-order valence-electron chi connectivity index (χ1n) is 5.83. The molecule has 0 unspecified atom stereocenters. The summed E-state index contributed by atoms with van der Waals surface area (Å²) in [5, 5.41) is 6.73. The van der Waals surface area contributed by atoms with E-state index in [4.69, 9.17) is 0 Å². The first-order valence-corrected chi connectivity index (χ1v) is 5.83. The Morgan fingerprint density at radius 1 is 1.39 bits per heavy atom. The first-order chi connectivity index (χ1) is 8.36. The lowest BCUT2D eigenvalue weighted by atomic mass is 10.2. The van der Waals surface area contributed by atoms with Crippen LogP contribution in [-0.4, -0.2) is 41.9 Å². The summed E-state index contributed by atoms with van der Waals surface area (Å²) in [6, 6.07) is 0. The highest BCUT2D eigenvalue weighted by atomic mass is 19.4. The van der Waals surface area contributed by atoms with Crippen molar-refractivity contribution in [3.63, 3.8) is 0 Å². The van der Waals surface area contributed by atoms with Crippen molar-refractivity contribution in [3.05, 3.63) is 17.5 Å². The number of nitrogens with zero attached hydrogens (tertiary/aromatic N) is 3. The van der Waals surface area contributed by atoms with Gasteiger partial charge in [-0.25, -0.2) is 0 Å². The monoisotopic (exact) mass is 264 g/mol. The number of hydrogen-bond donors (Lipinski definition) is 1. The van der Waals surface area contributed by atoms with Gasteiger partial charge in [0.05, 0.1) is 12.7 Å². The largest absolute Gasteiger partial charge is 0.433 e. The summed E-state index contributed by atoms with van der Waals surface area (Å²) in [7, 11) is 3.63. The highest BCUT2D eigenvalue weighted by Gasteiger charge is 2.37. The second-order valence-corrected chi connectivity index (χ2v) is 4.32. The van der Waals surface area contributed by atoms with Crippen LogP contribution in [0.1, 0.15) is 18.2 Å². The highest BCUT2D eigenvalue weighted by molar-refractivity contribution is 5.20. The maximum atomic E-state index is 13.0. The van der Waals surface area contributed by atoms with E-state index in [9.17, 15) is 13.2 Å². The van der Waals surface area contributed by atoms with Crippen LogP contribution < -0.4 is 5.32 Å². The molecule has 0 spiro atoms. The Bertz CT molecular complexity index is 371. The van der Waals surface area contributed by atoms with Crippen LogP contribution in [0.5, 0.6) is 0 Å². The molecule has 0 amide bonds. The second kappa shape index (κ2) is 6.19. The standard InChI is InChI=1S/C11H19F3N4/c1-4-15-7-9-8-16-18(6-5-17(2)3)10(9)11(12,13)14/h8,15H,4-7H2,1-3H3. The minimum Gasteiger partial charge on any atom is -0.313 e. The van der Waals surface area contributed by atoms with Crippen LogP contribution in [-0.2, 0) is 19.3 Å². The molecule has 0 aliphatic carbocycles. The molecule has 0 aromatic carbocycles. The van der Waals surface area contributed by atoms with E-state index < -0.39 is 11.9 Å². The van der Waals surface area contributed by atoms with Crippen molar-refractivity contribution in [2.75, 3.05) is 27.2 Å². The molecule has 0 fully saturated rings. The summed E-state index contributed by atoms with van der Waals surface area (Å²) < 4.78 is 40.0. The average molecular weight is 264 g/mol. The van der Waals surface area contributed by atoms with E-state index in [1.54, 1.807) is 0 Å². The molecule has 1 aromatic heterocycles. The second-order valence-electron chi connectivity index (χ2n) is 4.32. The van der Waals surface area contributed by atoms with Gasteiger partial charge in [-0.3, -0.25) is 4.68 Å². The van der Waals surface area contributed by atoms with Gasteiger partial charge in [0.15, 0.2) is 0 Å². The van der Waals surface area contributed by atoms with E-state index in [2.05, 4.69) is 10.4 Å². The van der Waals surface area contributed by atoms with Gasteiger partial charge in [-0.2, -0.15) is 18.3 Å². The molecule has 0 saturated carbocycles. The minimum absolute atomic E-state index is 0.188. The van der Waals surface area contributed by atoms with E-state index in [1.807, 2.05) is 25.9 Å². The Kier molecular flexibility index (Phi) is 5.15. The third kappa shape index (κ3) is 3.99. The van der Waals surface area contributed by atoms with Crippen molar-refractivity contribution < 1.29 is 13.2 Å². The van der Waals surface area contributed by atoms with Crippen molar-refractivity contribution in [2.45, 2.75) is 26.2 Å². The molecule has 4 nitrogen and oxygen atoms in total. The van der Waals surface area contributed by atoms with Crippen LogP contribution >= 0.6 is 0 Å². The maximum absolute atomic E-state index is 13.0. The summed E-state index contributed by atoms with van der Waals surface area (Å²) >= 11 is 0. The van der Waals surface area contributed by atoms with Crippen LogP contribution in [0, 0.1) is 0 Å². The molecule has 18 heavy (non-hydrogen) atoms. The fraction of sp³-hybridized carbons (Fsp3) is 0.727. The van der Waals surface area contributed by atoms with Gasteiger partial charge in [0.1, 0.15) is 5.69 Å².